The van der Waals surface area contributed by atoms with Crippen molar-refractivity contribution >= 4 is 5.82 Å². The normalized spacial score (nSPS) is 32.2. The van der Waals surface area contributed by atoms with Crippen molar-refractivity contribution in [3.05, 3.63) is 18.1 Å². The second kappa shape index (κ2) is 5.57. The van der Waals surface area contributed by atoms with E-state index in [1.54, 1.807) is 6.20 Å². The van der Waals surface area contributed by atoms with E-state index in [0.29, 0.717) is 5.82 Å². The van der Waals surface area contributed by atoms with Crippen molar-refractivity contribution in [2.45, 2.75) is 31.3 Å². The molecule has 2 rings (SSSR count). The van der Waals surface area contributed by atoms with Crippen LogP contribution in [0.5, 0.6) is 0 Å². The van der Waals surface area contributed by atoms with Crippen LogP contribution in [-0.2, 0) is 4.74 Å². The molecule has 1 aliphatic rings. The molecule has 4 N–H and O–H groups in total. The minimum atomic E-state index is -1.13. The van der Waals surface area contributed by atoms with Crippen LogP contribution in [0.3, 0.4) is 0 Å². The third-order valence-electron chi connectivity index (χ3n) is 2.90. The van der Waals surface area contributed by atoms with Gasteiger partial charge in [0.15, 0.2) is 0 Å². The monoisotopic (exact) mass is 255 g/mol. The van der Waals surface area contributed by atoms with E-state index < -0.39 is 24.4 Å². The van der Waals surface area contributed by atoms with Crippen molar-refractivity contribution in [1.82, 2.24) is 9.97 Å². The van der Waals surface area contributed by atoms with Crippen molar-refractivity contribution in [3.63, 3.8) is 0 Å². The first kappa shape index (κ1) is 13.2. The molecule has 0 radical (unpaired) electrons. The highest BCUT2D eigenvalue weighted by Gasteiger charge is 2.38. The summed E-state index contributed by atoms with van der Waals surface area (Å²) in [7, 11) is 0. The summed E-state index contributed by atoms with van der Waals surface area (Å²) in [4.78, 5) is 8.17. The maximum absolute atomic E-state index is 9.92. The zero-order valence-electron chi connectivity index (χ0n) is 10.0. The summed E-state index contributed by atoms with van der Waals surface area (Å²) in [5.74, 6) is 0.511. The number of ether oxygens (including phenoxy) is 1. The van der Waals surface area contributed by atoms with Crippen LogP contribution < -0.4 is 5.32 Å². The highest BCUT2D eigenvalue weighted by Crippen LogP contribution is 2.18. The van der Waals surface area contributed by atoms with E-state index in [0.717, 1.165) is 5.69 Å². The number of aryl methyl sites for hydroxylation is 1. The zero-order valence-corrected chi connectivity index (χ0v) is 10.0. The molecule has 0 aromatic carbocycles. The van der Waals surface area contributed by atoms with Gasteiger partial charge in [0.25, 0.3) is 0 Å². The smallest absolute Gasteiger partial charge is 0.145 e. The first-order chi connectivity index (χ1) is 8.61. The number of nitrogens with one attached hydrogen (secondary N) is 1. The van der Waals surface area contributed by atoms with Crippen LogP contribution in [0.25, 0.3) is 0 Å². The van der Waals surface area contributed by atoms with E-state index in [4.69, 9.17) is 9.84 Å². The molecule has 7 nitrogen and oxygen atoms in total. The van der Waals surface area contributed by atoms with Gasteiger partial charge in [-0.05, 0) is 6.92 Å². The molecule has 1 aromatic rings. The Hall–Kier alpha value is -1.28. The van der Waals surface area contributed by atoms with Crippen LogP contribution in [0.1, 0.15) is 5.69 Å². The number of rotatable bonds is 3. The van der Waals surface area contributed by atoms with Crippen molar-refractivity contribution in [1.29, 1.82) is 0 Å². The average molecular weight is 255 g/mol. The molecule has 0 saturated carbocycles. The number of aliphatic hydroxyl groups excluding tert-OH is 3. The zero-order chi connectivity index (χ0) is 13.1. The van der Waals surface area contributed by atoms with Gasteiger partial charge >= 0.3 is 0 Å². The fraction of sp³-hybridized carbons (Fsp3) is 0.636. The van der Waals surface area contributed by atoms with Crippen molar-refractivity contribution in [2.24, 2.45) is 0 Å². The predicted molar refractivity (Wildman–Crippen MR) is 63.0 cm³/mol. The molecule has 2 heterocycles. The molecular weight excluding hydrogens is 238 g/mol. The maximum atomic E-state index is 9.92. The summed E-state index contributed by atoms with van der Waals surface area (Å²) >= 11 is 0. The lowest BCUT2D eigenvalue weighted by molar-refractivity contribution is -0.152. The predicted octanol–water partition coefficient (Wildman–Crippen LogP) is -1.32. The van der Waals surface area contributed by atoms with Crippen molar-refractivity contribution < 1.29 is 20.1 Å². The summed E-state index contributed by atoms with van der Waals surface area (Å²) in [6, 6.07) is -0.487. The van der Waals surface area contributed by atoms with Crippen molar-refractivity contribution in [2.75, 3.05) is 18.5 Å². The quantitative estimate of drug-likeness (QED) is 0.530. The Morgan fingerprint density at radius 3 is 2.83 bits per heavy atom. The van der Waals surface area contributed by atoms with Gasteiger partial charge in [0.05, 0.1) is 31.1 Å². The van der Waals surface area contributed by atoms with E-state index >= 15 is 0 Å². The molecule has 1 fully saturated rings. The Morgan fingerprint density at radius 2 is 2.17 bits per heavy atom. The lowest BCUT2D eigenvalue weighted by Crippen LogP contribution is -2.56. The highest BCUT2D eigenvalue weighted by molar-refractivity contribution is 5.33. The van der Waals surface area contributed by atoms with Crippen LogP contribution in [0.15, 0.2) is 12.4 Å². The summed E-state index contributed by atoms with van der Waals surface area (Å²) in [5, 5.41) is 31.6. The summed E-state index contributed by atoms with van der Waals surface area (Å²) in [6.07, 6.45) is 0.249. The van der Waals surface area contributed by atoms with E-state index in [2.05, 4.69) is 15.3 Å². The van der Waals surface area contributed by atoms with E-state index in [9.17, 15) is 10.2 Å². The molecule has 1 aliphatic heterocycles. The first-order valence-electron chi connectivity index (χ1n) is 5.75. The molecule has 0 amide bonds. The molecule has 4 atom stereocenters. The summed E-state index contributed by atoms with van der Waals surface area (Å²) in [6.45, 7) is 1.66. The fourth-order valence-electron chi connectivity index (χ4n) is 1.89. The van der Waals surface area contributed by atoms with Crippen molar-refractivity contribution in [3.8, 4) is 0 Å². The molecule has 0 unspecified atom stereocenters. The molecule has 0 bridgehead atoms. The first-order valence-corrected chi connectivity index (χ1v) is 5.75. The number of hydrogen-bond donors (Lipinski definition) is 4. The molecule has 18 heavy (non-hydrogen) atoms. The van der Waals surface area contributed by atoms with Gasteiger partial charge in [0.2, 0.25) is 0 Å². The third-order valence-corrected chi connectivity index (χ3v) is 2.90. The maximum Gasteiger partial charge on any atom is 0.145 e. The highest BCUT2D eigenvalue weighted by atomic mass is 16.5. The number of aliphatic hydroxyl groups is 3. The van der Waals surface area contributed by atoms with Gasteiger partial charge in [0.1, 0.15) is 24.1 Å². The molecule has 1 aromatic heterocycles. The molecular formula is C11H17N3O4. The summed E-state index contributed by atoms with van der Waals surface area (Å²) in [5.41, 5.74) is 0.750. The second-order valence-electron chi connectivity index (χ2n) is 4.33. The Kier molecular flexibility index (Phi) is 4.07. The molecule has 100 valence electrons. The number of hydrogen-bond acceptors (Lipinski definition) is 7. The van der Waals surface area contributed by atoms with Crippen LogP contribution in [0, 0.1) is 6.92 Å². The average Bonchev–Trinajstić information content (AvgIpc) is 2.35. The van der Waals surface area contributed by atoms with Gasteiger partial charge in [-0.1, -0.05) is 0 Å². The molecule has 0 spiro atoms. The van der Waals surface area contributed by atoms with E-state index in [1.165, 1.54) is 6.20 Å². The van der Waals surface area contributed by atoms with Gasteiger partial charge in [-0.2, -0.15) is 0 Å². The van der Waals surface area contributed by atoms with Crippen LogP contribution in [-0.4, -0.2) is 62.9 Å². The van der Waals surface area contributed by atoms with Gasteiger partial charge in [0, 0.05) is 6.20 Å². The van der Waals surface area contributed by atoms with Gasteiger partial charge < -0.3 is 25.4 Å². The van der Waals surface area contributed by atoms with Gasteiger partial charge in [-0.3, -0.25) is 4.98 Å². The standard InChI is InChI=1S/C11H17N3O4/c1-6-2-12-3-9(13-6)14-7-5-18-8(4-15)11(17)10(7)16/h2-3,7-8,10-11,15-17H,4-5H2,1H3,(H,13,14)/t7-,8+,10+,11-/m0/s1. The Balaban J connectivity index is 2.02. The summed E-state index contributed by atoms with van der Waals surface area (Å²) < 4.78 is 5.25. The molecule has 1 saturated heterocycles. The largest absolute Gasteiger partial charge is 0.394 e. The minimum absolute atomic E-state index is 0.180. The molecule has 7 heteroatoms. The lowest BCUT2D eigenvalue weighted by atomic mass is 9.98. The minimum Gasteiger partial charge on any atom is -0.394 e. The Morgan fingerprint density at radius 1 is 1.39 bits per heavy atom. The number of anilines is 1. The lowest BCUT2D eigenvalue weighted by Gasteiger charge is -2.37. The topological polar surface area (TPSA) is 108 Å². The van der Waals surface area contributed by atoms with E-state index in [1.807, 2.05) is 6.92 Å². The number of aromatic nitrogens is 2. The Bertz CT molecular complexity index is 404. The van der Waals surface area contributed by atoms with Crippen LogP contribution in [0.2, 0.25) is 0 Å². The van der Waals surface area contributed by atoms with Crippen LogP contribution >= 0.6 is 0 Å². The van der Waals surface area contributed by atoms with E-state index in [-0.39, 0.29) is 13.2 Å². The second-order valence-corrected chi connectivity index (χ2v) is 4.33. The SMILES string of the molecule is Cc1cncc(N[C@H]2CO[C@H](CO)[C@H](O)[C@@H]2O)n1. The number of nitrogens with zero attached hydrogens (tertiary/aromatic N) is 2. The Labute approximate surface area is 104 Å². The van der Waals surface area contributed by atoms with Gasteiger partial charge in [-0.25, -0.2) is 4.98 Å². The fourth-order valence-corrected chi connectivity index (χ4v) is 1.89. The van der Waals surface area contributed by atoms with Gasteiger partial charge in [-0.15, -0.1) is 0 Å². The third kappa shape index (κ3) is 2.75. The molecule has 0 aliphatic carbocycles. The van der Waals surface area contributed by atoms with Crippen LogP contribution in [0.4, 0.5) is 5.82 Å².